The first-order valence-electron chi connectivity index (χ1n) is 3.86. The predicted molar refractivity (Wildman–Crippen MR) is 58.9 cm³/mol. The molecule has 0 saturated heterocycles. The number of hydrogen-bond donors (Lipinski definition) is 3. The zero-order valence-corrected chi connectivity index (χ0v) is 8.65. The fourth-order valence-corrected chi connectivity index (χ4v) is 2.62. The number of thiophene rings is 1. The number of thiol groups is 1. The summed E-state index contributed by atoms with van der Waals surface area (Å²) < 4.78 is 14.4. The van der Waals surface area contributed by atoms with Gasteiger partial charge in [0.15, 0.2) is 0 Å². The van der Waals surface area contributed by atoms with E-state index in [0.717, 1.165) is 6.07 Å². The lowest BCUT2D eigenvalue weighted by atomic mass is 9.78. The number of benzene rings is 1. The van der Waals surface area contributed by atoms with Crippen LogP contribution in [-0.4, -0.2) is 17.2 Å². The van der Waals surface area contributed by atoms with Crippen LogP contribution in [0.15, 0.2) is 22.4 Å². The molecule has 0 aliphatic heterocycles. The van der Waals surface area contributed by atoms with E-state index in [-0.39, 0.29) is 5.46 Å². The van der Waals surface area contributed by atoms with Gasteiger partial charge in [-0.1, -0.05) is 0 Å². The SMILES string of the molecule is OB(O)c1cc(F)cc2sc(S)cc12. The number of halogens is 1. The van der Waals surface area contributed by atoms with Gasteiger partial charge in [0.05, 0.1) is 4.21 Å². The highest BCUT2D eigenvalue weighted by atomic mass is 32.2. The molecule has 0 spiro atoms. The first kappa shape index (κ1) is 9.98. The first-order chi connectivity index (χ1) is 6.58. The van der Waals surface area contributed by atoms with Crippen molar-refractivity contribution in [2.24, 2.45) is 0 Å². The second kappa shape index (κ2) is 3.54. The maximum atomic E-state index is 13.0. The molecular weight excluding hydrogens is 222 g/mol. The Bertz CT molecular complexity index is 483. The average molecular weight is 228 g/mol. The van der Waals surface area contributed by atoms with Crippen LogP contribution in [0.25, 0.3) is 10.1 Å². The van der Waals surface area contributed by atoms with Crippen molar-refractivity contribution in [3.63, 3.8) is 0 Å². The van der Waals surface area contributed by atoms with Crippen LogP contribution < -0.4 is 5.46 Å². The highest BCUT2D eigenvalue weighted by Crippen LogP contribution is 2.27. The molecule has 0 unspecified atom stereocenters. The normalized spacial score (nSPS) is 10.9. The molecule has 72 valence electrons. The maximum absolute atomic E-state index is 13.0. The van der Waals surface area contributed by atoms with Crippen LogP contribution in [0.3, 0.4) is 0 Å². The number of fused-ring (bicyclic) bond motifs is 1. The summed E-state index contributed by atoms with van der Waals surface area (Å²) in [6.07, 6.45) is 0. The summed E-state index contributed by atoms with van der Waals surface area (Å²) in [4.78, 5) is 0. The molecule has 2 rings (SSSR count). The topological polar surface area (TPSA) is 40.5 Å². The number of rotatable bonds is 1. The minimum Gasteiger partial charge on any atom is -0.423 e. The Kier molecular flexibility index (Phi) is 2.53. The molecule has 0 aliphatic carbocycles. The van der Waals surface area contributed by atoms with Gasteiger partial charge in [0, 0.05) is 4.70 Å². The molecule has 6 heteroatoms. The quantitative estimate of drug-likeness (QED) is 0.503. The van der Waals surface area contributed by atoms with E-state index in [1.807, 2.05) is 0 Å². The van der Waals surface area contributed by atoms with E-state index in [1.54, 1.807) is 6.07 Å². The lowest BCUT2D eigenvalue weighted by Crippen LogP contribution is -2.30. The molecule has 0 atom stereocenters. The van der Waals surface area contributed by atoms with Gasteiger partial charge in [-0.25, -0.2) is 4.39 Å². The van der Waals surface area contributed by atoms with Gasteiger partial charge in [0.25, 0.3) is 0 Å². The zero-order chi connectivity index (χ0) is 10.3. The molecule has 0 saturated carbocycles. The van der Waals surface area contributed by atoms with E-state index in [2.05, 4.69) is 12.6 Å². The maximum Gasteiger partial charge on any atom is 0.489 e. The lowest BCUT2D eigenvalue weighted by molar-refractivity contribution is 0.426. The third-order valence-electron chi connectivity index (χ3n) is 1.90. The van der Waals surface area contributed by atoms with Gasteiger partial charge in [-0.3, -0.25) is 0 Å². The summed E-state index contributed by atoms with van der Waals surface area (Å²) in [5, 5.41) is 18.7. The van der Waals surface area contributed by atoms with Gasteiger partial charge in [0.1, 0.15) is 5.82 Å². The fraction of sp³-hybridized carbons (Fsp3) is 0. The van der Waals surface area contributed by atoms with Crippen molar-refractivity contribution in [2.75, 3.05) is 0 Å². The third kappa shape index (κ3) is 1.66. The molecule has 0 bridgehead atoms. The van der Waals surface area contributed by atoms with Gasteiger partial charge in [-0.15, -0.1) is 24.0 Å². The molecule has 14 heavy (non-hydrogen) atoms. The third-order valence-corrected chi connectivity index (χ3v) is 3.19. The Balaban J connectivity index is 2.79. The Morgan fingerprint density at radius 1 is 1.29 bits per heavy atom. The van der Waals surface area contributed by atoms with Crippen molar-refractivity contribution < 1.29 is 14.4 Å². The van der Waals surface area contributed by atoms with Crippen LogP contribution in [-0.2, 0) is 0 Å². The smallest absolute Gasteiger partial charge is 0.423 e. The molecule has 2 nitrogen and oxygen atoms in total. The molecule has 0 radical (unpaired) electrons. The molecule has 2 N–H and O–H groups in total. The largest absolute Gasteiger partial charge is 0.489 e. The monoisotopic (exact) mass is 228 g/mol. The van der Waals surface area contributed by atoms with Gasteiger partial charge < -0.3 is 10.0 Å². The molecule has 0 amide bonds. The van der Waals surface area contributed by atoms with Crippen LogP contribution in [0.1, 0.15) is 0 Å². The van der Waals surface area contributed by atoms with Crippen LogP contribution >= 0.6 is 24.0 Å². The Morgan fingerprint density at radius 2 is 2.00 bits per heavy atom. The molecule has 0 aliphatic rings. The summed E-state index contributed by atoms with van der Waals surface area (Å²) in [5.41, 5.74) is 0.177. The molecule has 1 aromatic heterocycles. The van der Waals surface area contributed by atoms with Gasteiger partial charge in [0.2, 0.25) is 0 Å². The average Bonchev–Trinajstić information content (AvgIpc) is 2.42. The van der Waals surface area contributed by atoms with Crippen molar-refractivity contribution in [3.05, 3.63) is 24.0 Å². The summed E-state index contributed by atoms with van der Waals surface area (Å²) in [6.45, 7) is 0. The van der Waals surface area contributed by atoms with E-state index in [9.17, 15) is 4.39 Å². The van der Waals surface area contributed by atoms with Crippen molar-refractivity contribution in [3.8, 4) is 0 Å². The summed E-state index contributed by atoms with van der Waals surface area (Å²) in [6, 6.07) is 4.16. The molecule has 0 fully saturated rings. The van der Waals surface area contributed by atoms with Crippen molar-refractivity contribution in [2.45, 2.75) is 4.21 Å². The minimum absolute atomic E-state index is 0.177. The Labute approximate surface area is 89.6 Å². The van der Waals surface area contributed by atoms with Crippen LogP contribution in [0.5, 0.6) is 0 Å². The van der Waals surface area contributed by atoms with Crippen molar-refractivity contribution in [1.82, 2.24) is 0 Å². The second-order valence-electron chi connectivity index (χ2n) is 2.87. The van der Waals surface area contributed by atoms with Gasteiger partial charge in [-0.2, -0.15) is 0 Å². The van der Waals surface area contributed by atoms with E-state index in [0.29, 0.717) is 14.3 Å². The van der Waals surface area contributed by atoms with E-state index in [1.165, 1.54) is 17.4 Å². The van der Waals surface area contributed by atoms with Crippen LogP contribution in [0.2, 0.25) is 0 Å². The first-order valence-corrected chi connectivity index (χ1v) is 5.12. The summed E-state index contributed by atoms with van der Waals surface area (Å²) in [5.74, 6) is -0.476. The van der Waals surface area contributed by atoms with E-state index >= 15 is 0 Å². The van der Waals surface area contributed by atoms with Crippen molar-refractivity contribution >= 4 is 46.6 Å². The predicted octanol–water partition coefficient (Wildman–Crippen LogP) is 1.01. The van der Waals surface area contributed by atoms with Crippen molar-refractivity contribution in [1.29, 1.82) is 0 Å². The molecule has 1 aromatic carbocycles. The standard InChI is InChI=1S/C8H6BFO2S2/c10-4-1-6(9(11)12)5-3-8(13)14-7(5)2-4/h1-3,11-13H. The van der Waals surface area contributed by atoms with Gasteiger partial charge in [-0.05, 0) is 29.0 Å². The summed E-state index contributed by atoms with van der Waals surface area (Å²) in [7, 11) is -1.66. The van der Waals surface area contributed by atoms with Gasteiger partial charge >= 0.3 is 7.12 Å². The Morgan fingerprint density at radius 3 is 2.64 bits per heavy atom. The highest BCUT2D eigenvalue weighted by Gasteiger charge is 2.17. The van der Waals surface area contributed by atoms with E-state index in [4.69, 9.17) is 10.0 Å². The zero-order valence-electron chi connectivity index (χ0n) is 6.94. The van der Waals surface area contributed by atoms with Crippen LogP contribution in [0, 0.1) is 5.82 Å². The summed E-state index contributed by atoms with van der Waals surface area (Å²) >= 11 is 5.43. The highest BCUT2D eigenvalue weighted by molar-refractivity contribution is 7.83. The Hall–Kier alpha value is -0.555. The fourth-order valence-electron chi connectivity index (χ4n) is 1.33. The lowest BCUT2D eigenvalue weighted by Gasteiger charge is -2.01. The number of hydrogen-bond acceptors (Lipinski definition) is 4. The van der Waals surface area contributed by atoms with Crippen LogP contribution in [0.4, 0.5) is 4.39 Å². The van der Waals surface area contributed by atoms with E-state index < -0.39 is 12.9 Å². The molecule has 1 heterocycles. The minimum atomic E-state index is -1.66. The second-order valence-corrected chi connectivity index (χ2v) is 4.73. The molecular formula is C8H6BFO2S2. The molecule has 2 aromatic rings.